The molecule has 1 aromatic carbocycles. The van der Waals surface area contributed by atoms with Gasteiger partial charge in [-0.05, 0) is 33.6 Å². The molecule has 5 N–H and O–H groups in total. The van der Waals surface area contributed by atoms with E-state index in [9.17, 15) is 14.7 Å². The number of methoxy groups -OCH3 is 1. The molecule has 0 saturated heterocycles. The lowest BCUT2D eigenvalue weighted by Gasteiger charge is -2.06. The third-order valence-corrected chi connectivity index (χ3v) is 3.02. The molecule has 0 heterocycles. The van der Waals surface area contributed by atoms with Crippen LogP contribution < -0.4 is 21.4 Å². The van der Waals surface area contributed by atoms with E-state index in [4.69, 9.17) is 10.6 Å². The lowest BCUT2D eigenvalue weighted by molar-refractivity contribution is -0.126. The van der Waals surface area contributed by atoms with Crippen LogP contribution in [-0.2, 0) is 9.59 Å². The van der Waals surface area contributed by atoms with E-state index in [2.05, 4.69) is 26.5 Å². The number of phenolic OH excluding ortho intramolecular Hbond substituents is 1. The fourth-order valence-electron chi connectivity index (χ4n) is 1.36. The quantitative estimate of drug-likeness (QED) is 0.253. The molecule has 8 nitrogen and oxygen atoms in total. The van der Waals surface area contributed by atoms with Gasteiger partial charge in [-0.25, -0.2) is 11.3 Å². The molecular weight excluding hydrogens is 344 g/mol. The molecule has 114 valence electrons. The molecule has 1 aromatic rings. The van der Waals surface area contributed by atoms with Gasteiger partial charge in [-0.1, -0.05) is 0 Å². The van der Waals surface area contributed by atoms with Gasteiger partial charge in [0.15, 0.2) is 11.5 Å². The Bertz CT molecular complexity index is 562. The number of ether oxygens (including phenoxy) is 1. The first-order valence-corrected chi connectivity index (χ1v) is 6.65. The second-order valence-electron chi connectivity index (χ2n) is 3.91. The maximum Gasteiger partial charge on any atom is 0.240 e. The number of phenols is 1. The minimum absolute atomic E-state index is 0.0174. The molecule has 0 bridgehead atoms. The van der Waals surface area contributed by atoms with Crippen molar-refractivity contribution in [3.8, 4) is 11.5 Å². The number of carbonyl (C=O) groups excluding carboxylic acids is 2. The third kappa shape index (κ3) is 5.40. The minimum atomic E-state index is -0.429. The standard InChI is InChI=1S/C12H15BrN4O4/c1-21-9-5-7(4-8(13)12(9)20)6-15-17-11(19)3-2-10(18)16-14/h4-6,20H,2-3,14H2,1H3,(H,16,18)(H,17,19)/b15-6-. The number of benzene rings is 1. The Morgan fingerprint density at radius 2 is 2.10 bits per heavy atom. The molecular formula is C12H15BrN4O4. The van der Waals surface area contributed by atoms with Crippen molar-refractivity contribution in [2.45, 2.75) is 12.8 Å². The van der Waals surface area contributed by atoms with E-state index in [1.807, 2.05) is 5.43 Å². The first kappa shape index (κ1) is 16.9. The molecule has 0 aliphatic rings. The van der Waals surface area contributed by atoms with Gasteiger partial charge in [-0.3, -0.25) is 15.0 Å². The summed E-state index contributed by atoms with van der Waals surface area (Å²) in [6.07, 6.45) is 1.34. The van der Waals surface area contributed by atoms with Crippen LogP contribution in [0.5, 0.6) is 11.5 Å². The maximum atomic E-state index is 11.4. The average Bonchev–Trinajstić information content (AvgIpc) is 2.48. The summed E-state index contributed by atoms with van der Waals surface area (Å²) in [5.74, 6) is 4.30. The molecule has 0 aliphatic carbocycles. The predicted molar refractivity (Wildman–Crippen MR) is 79.7 cm³/mol. The van der Waals surface area contributed by atoms with Gasteiger partial charge in [0.05, 0.1) is 17.8 Å². The summed E-state index contributed by atoms with van der Waals surface area (Å²) < 4.78 is 5.42. The van der Waals surface area contributed by atoms with Gasteiger partial charge in [-0.2, -0.15) is 5.10 Å². The zero-order valence-electron chi connectivity index (χ0n) is 11.2. The van der Waals surface area contributed by atoms with Crippen LogP contribution in [0.25, 0.3) is 0 Å². The Hall–Kier alpha value is -2.13. The molecule has 2 amide bonds. The van der Waals surface area contributed by atoms with Crippen LogP contribution in [0, 0.1) is 0 Å². The highest BCUT2D eigenvalue weighted by Crippen LogP contribution is 2.34. The summed E-state index contributed by atoms with van der Waals surface area (Å²) >= 11 is 3.17. The lowest BCUT2D eigenvalue weighted by atomic mass is 10.2. The Kier molecular flexibility index (Phi) is 6.63. The van der Waals surface area contributed by atoms with Crippen LogP contribution in [0.1, 0.15) is 18.4 Å². The number of hydrazone groups is 1. The van der Waals surface area contributed by atoms with Crippen molar-refractivity contribution < 1.29 is 19.4 Å². The number of carbonyl (C=O) groups is 2. The molecule has 0 fully saturated rings. The summed E-state index contributed by atoms with van der Waals surface area (Å²) in [5, 5.41) is 13.4. The number of hydrogen-bond donors (Lipinski definition) is 4. The summed E-state index contributed by atoms with van der Waals surface area (Å²) in [7, 11) is 1.42. The molecule has 1 rings (SSSR count). The molecule has 0 aromatic heterocycles. The second kappa shape index (κ2) is 8.22. The van der Waals surface area contributed by atoms with E-state index in [0.717, 1.165) is 0 Å². The van der Waals surface area contributed by atoms with E-state index in [-0.39, 0.29) is 24.3 Å². The second-order valence-corrected chi connectivity index (χ2v) is 4.77. The van der Waals surface area contributed by atoms with E-state index in [1.54, 1.807) is 12.1 Å². The molecule has 0 saturated carbocycles. The highest BCUT2D eigenvalue weighted by atomic mass is 79.9. The Morgan fingerprint density at radius 3 is 2.71 bits per heavy atom. The zero-order chi connectivity index (χ0) is 15.8. The van der Waals surface area contributed by atoms with Crippen molar-refractivity contribution >= 4 is 34.0 Å². The van der Waals surface area contributed by atoms with E-state index in [0.29, 0.717) is 10.0 Å². The van der Waals surface area contributed by atoms with Crippen LogP contribution >= 0.6 is 15.9 Å². The van der Waals surface area contributed by atoms with E-state index >= 15 is 0 Å². The molecule has 0 spiro atoms. The number of hydrogen-bond acceptors (Lipinski definition) is 6. The van der Waals surface area contributed by atoms with Crippen molar-refractivity contribution in [1.82, 2.24) is 10.9 Å². The molecule has 0 radical (unpaired) electrons. The molecule has 0 atom stereocenters. The van der Waals surface area contributed by atoms with Crippen molar-refractivity contribution in [2.75, 3.05) is 7.11 Å². The van der Waals surface area contributed by atoms with Crippen LogP contribution in [0.15, 0.2) is 21.7 Å². The van der Waals surface area contributed by atoms with Gasteiger partial charge in [0, 0.05) is 12.8 Å². The average molecular weight is 359 g/mol. The molecule has 21 heavy (non-hydrogen) atoms. The number of hydrazine groups is 1. The maximum absolute atomic E-state index is 11.4. The highest BCUT2D eigenvalue weighted by Gasteiger charge is 2.08. The normalized spacial score (nSPS) is 10.4. The number of halogens is 1. The van der Waals surface area contributed by atoms with Gasteiger partial charge < -0.3 is 9.84 Å². The number of amides is 2. The Balaban J connectivity index is 2.59. The fraction of sp³-hybridized carbons (Fsp3) is 0.250. The van der Waals surface area contributed by atoms with Crippen LogP contribution in [0.4, 0.5) is 0 Å². The largest absolute Gasteiger partial charge is 0.503 e. The van der Waals surface area contributed by atoms with E-state index in [1.165, 1.54) is 13.3 Å². The van der Waals surface area contributed by atoms with Crippen molar-refractivity contribution in [3.63, 3.8) is 0 Å². The number of aromatic hydroxyl groups is 1. The highest BCUT2D eigenvalue weighted by molar-refractivity contribution is 9.10. The lowest BCUT2D eigenvalue weighted by Crippen LogP contribution is -2.31. The monoisotopic (exact) mass is 358 g/mol. The van der Waals surface area contributed by atoms with E-state index < -0.39 is 11.8 Å². The van der Waals surface area contributed by atoms with Crippen LogP contribution in [0.3, 0.4) is 0 Å². The summed E-state index contributed by atoms with van der Waals surface area (Å²) in [6.45, 7) is 0. The van der Waals surface area contributed by atoms with Crippen molar-refractivity contribution in [1.29, 1.82) is 0 Å². The first-order valence-electron chi connectivity index (χ1n) is 5.85. The van der Waals surface area contributed by atoms with Gasteiger partial charge in [0.2, 0.25) is 11.8 Å². The SMILES string of the molecule is COc1cc(/C=N\NC(=O)CCC(=O)NN)cc(Br)c1O. The topological polar surface area (TPSA) is 126 Å². The summed E-state index contributed by atoms with van der Waals surface area (Å²) in [5.41, 5.74) is 4.81. The van der Waals surface area contributed by atoms with Crippen LogP contribution in [0.2, 0.25) is 0 Å². The molecule has 9 heteroatoms. The zero-order valence-corrected chi connectivity index (χ0v) is 12.8. The number of nitrogens with zero attached hydrogens (tertiary/aromatic N) is 1. The van der Waals surface area contributed by atoms with Gasteiger partial charge in [-0.15, -0.1) is 0 Å². The number of nitrogens with one attached hydrogen (secondary N) is 2. The predicted octanol–water partition coefficient (Wildman–Crippen LogP) is 0.384. The van der Waals surface area contributed by atoms with Gasteiger partial charge in [0.25, 0.3) is 0 Å². The first-order chi connectivity index (χ1) is 9.97. The third-order valence-electron chi connectivity index (χ3n) is 2.41. The fourth-order valence-corrected chi connectivity index (χ4v) is 1.82. The number of nitrogens with two attached hydrogens (primary N) is 1. The minimum Gasteiger partial charge on any atom is -0.503 e. The van der Waals surface area contributed by atoms with Gasteiger partial charge >= 0.3 is 0 Å². The Morgan fingerprint density at radius 1 is 1.43 bits per heavy atom. The molecule has 0 aliphatic heterocycles. The van der Waals surface area contributed by atoms with Crippen molar-refractivity contribution in [3.05, 3.63) is 22.2 Å². The molecule has 0 unspecified atom stereocenters. The van der Waals surface area contributed by atoms with Crippen LogP contribution in [-0.4, -0.2) is 30.2 Å². The van der Waals surface area contributed by atoms with Crippen molar-refractivity contribution in [2.24, 2.45) is 10.9 Å². The summed E-state index contributed by atoms with van der Waals surface area (Å²) in [6, 6.07) is 3.16. The van der Waals surface area contributed by atoms with Gasteiger partial charge in [0.1, 0.15) is 0 Å². The number of rotatable bonds is 6. The Labute approximate surface area is 129 Å². The smallest absolute Gasteiger partial charge is 0.240 e. The summed E-state index contributed by atoms with van der Waals surface area (Å²) in [4.78, 5) is 22.2.